The molecule has 27 heavy (non-hydrogen) atoms. The fourth-order valence-electron chi connectivity index (χ4n) is 2.72. The zero-order chi connectivity index (χ0) is 18.5. The van der Waals surface area contributed by atoms with Gasteiger partial charge in [-0.15, -0.1) is 0 Å². The molecule has 4 rings (SSSR count). The molecule has 0 unspecified atom stereocenters. The van der Waals surface area contributed by atoms with Crippen LogP contribution in [0, 0.1) is 0 Å². The Labute approximate surface area is 156 Å². The molecule has 2 aromatic carbocycles. The number of methoxy groups -OCH3 is 1. The Hall–Kier alpha value is -3.80. The SMILES string of the molecule is COc1ccccc1C=NNc1nc(-c2cccnc2)nc2ccccc12. The quantitative estimate of drug-likeness (QED) is 0.430. The van der Waals surface area contributed by atoms with E-state index in [-0.39, 0.29) is 0 Å². The molecule has 0 amide bonds. The second kappa shape index (κ2) is 7.61. The van der Waals surface area contributed by atoms with Crippen LogP contribution in [0.25, 0.3) is 22.3 Å². The van der Waals surface area contributed by atoms with Gasteiger partial charge in [0.1, 0.15) is 5.75 Å². The molecule has 6 heteroatoms. The van der Waals surface area contributed by atoms with Gasteiger partial charge < -0.3 is 4.74 Å². The highest BCUT2D eigenvalue weighted by Crippen LogP contribution is 2.24. The molecular formula is C21H17N5O. The lowest BCUT2D eigenvalue weighted by Crippen LogP contribution is -2.00. The number of aromatic nitrogens is 3. The standard InChI is InChI=1S/C21H17N5O/c1-27-19-11-5-2-7-15(19)14-23-26-21-17-9-3-4-10-18(17)24-20(25-21)16-8-6-12-22-13-16/h2-14H,1H3,(H,24,25,26). The van der Waals surface area contributed by atoms with Crippen LogP contribution in [0.5, 0.6) is 5.75 Å². The summed E-state index contributed by atoms with van der Waals surface area (Å²) in [5, 5.41) is 5.24. The third kappa shape index (κ3) is 3.59. The van der Waals surface area contributed by atoms with Crippen LogP contribution >= 0.6 is 0 Å². The third-order valence-electron chi connectivity index (χ3n) is 4.04. The zero-order valence-electron chi connectivity index (χ0n) is 14.7. The van der Waals surface area contributed by atoms with E-state index in [9.17, 15) is 0 Å². The van der Waals surface area contributed by atoms with Crippen molar-refractivity contribution < 1.29 is 4.74 Å². The molecule has 2 aromatic heterocycles. The number of hydrogen-bond acceptors (Lipinski definition) is 6. The van der Waals surface area contributed by atoms with Gasteiger partial charge in [0.05, 0.1) is 18.8 Å². The van der Waals surface area contributed by atoms with Crippen LogP contribution < -0.4 is 10.2 Å². The number of hydrazone groups is 1. The van der Waals surface area contributed by atoms with Gasteiger partial charge >= 0.3 is 0 Å². The number of rotatable bonds is 5. The van der Waals surface area contributed by atoms with E-state index in [2.05, 4.69) is 25.5 Å². The Balaban J connectivity index is 1.71. The molecule has 0 aliphatic rings. The Morgan fingerprint density at radius 1 is 0.963 bits per heavy atom. The smallest absolute Gasteiger partial charge is 0.163 e. The summed E-state index contributed by atoms with van der Waals surface area (Å²) in [7, 11) is 1.64. The number of nitrogens with zero attached hydrogens (tertiary/aromatic N) is 4. The number of para-hydroxylation sites is 2. The van der Waals surface area contributed by atoms with Crippen LogP contribution in [0.2, 0.25) is 0 Å². The van der Waals surface area contributed by atoms with Gasteiger partial charge in [0, 0.05) is 28.9 Å². The normalized spacial score (nSPS) is 11.0. The summed E-state index contributed by atoms with van der Waals surface area (Å²) in [5.74, 6) is 1.98. The van der Waals surface area contributed by atoms with E-state index in [1.807, 2.05) is 60.7 Å². The molecule has 0 fully saturated rings. The maximum Gasteiger partial charge on any atom is 0.163 e. The molecule has 2 heterocycles. The summed E-state index contributed by atoms with van der Waals surface area (Å²) >= 11 is 0. The monoisotopic (exact) mass is 355 g/mol. The molecule has 0 atom stereocenters. The van der Waals surface area contributed by atoms with Crippen molar-refractivity contribution in [2.75, 3.05) is 12.5 Å². The van der Waals surface area contributed by atoms with Crippen molar-refractivity contribution in [3.05, 3.63) is 78.6 Å². The van der Waals surface area contributed by atoms with Crippen LogP contribution in [0.4, 0.5) is 5.82 Å². The molecule has 0 radical (unpaired) electrons. The van der Waals surface area contributed by atoms with Gasteiger partial charge in [0.25, 0.3) is 0 Å². The van der Waals surface area contributed by atoms with Crippen molar-refractivity contribution in [1.29, 1.82) is 0 Å². The van der Waals surface area contributed by atoms with Crippen LogP contribution in [0.1, 0.15) is 5.56 Å². The fourth-order valence-corrected chi connectivity index (χ4v) is 2.72. The van der Waals surface area contributed by atoms with Crippen LogP contribution in [-0.2, 0) is 0 Å². The molecule has 0 aliphatic carbocycles. The summed E-state index contributed by atoms with van der Waals surface area (Å²) in [6, 6.07) is 19.3. The molecule has 0 saturated carbocycles. The number of nitrogens with one attached hydrogen (secondary N) is 1. The molecule has 0 bridgehead atoms. The highest BCUT2D eigenvalue weighted by atomic mass is 16.5. The summed E-state index contributed by atoms with van der Waals surface area (Å²) in [6.45, 7) is 0. The van der Waals surface area contributed by atoms with Gasteiger partial charge in [0.2, 0.25) is 0 Å². The zero-order valence-corrected chi connectivity index (χ0v) is 14.7. The van der Waals surface area contributed by atoms with Gasteiger partial charge in [0.15, 0.2) is 11.6 Å². The van der Waals surface area contributed by atoms with E-state index < -0.39 is 0 Å². The first-order valence-corrected chi connectivity index (χ1v) is 8.44. The highest BCUT2D eigenvalue weighted by Gasteiger charge is 2.09. The minimum atomic E-state index is 0.594. The molecule has 0 saturated heterocycles. The van der Waals surface area contributed by atoms with Gasteiger partial charge in [-0.3, -0.25) is 10.4 Å². The van der Waals surface area contributed by atoms with Crippen LogP contribution in [-0.4, -0.2) is 28.3 Å². The van der Waals surface area contributed by atoms with Gasteiger partial charge in [-0.1, -0.05) is 24.3 Å². The van der Waals surface area contributed by atoms with Crippen molar-refractivity contribution in [2.45, 2.75) is 0 Å². The van der Waals surface area contributed by atoms with Gasteiger partial charge in [-0.2, -0.15) is 5.10 Å². The van der Waals surface area contributed by atoms with Crippen molar-refractivity contribution in [3.63, 3.8) is 0 Å². The summed E-state index contributed by atoms with van der Waals surface area (Å²) in [5.41, 5.74) is 5.60. The fraction of sp³-hybridized carbons (Fsp3) is 0.0476. The molecule has 0 aliphatic heterocycles. The Morgan fingerprint density at radius 2 is 1.81 bits per heavy atom. The Morgan fingerprint density at radius 3 is 2.67 bits per heavy atom. The van der Waals surface area contributed by atoms with E-state index in [1.54, 1.807) is 25.7 Å². The third-order valence-corrected chi connectivity index (χ3v) is 4.04. The van der Waals surface area contributed by atoms with E-state index in [4.69, 9.17) is 4.74 Å². The lowest BCUT2D eigenvalue weighted by molar-refractivity contribution is 0.414. The largest absolute Gasteiger partial charge is 0.496 e. The van der Waals surface area contributed by atoms with E-state index in [0.717, 1.165) is 27.8 Å². The lowest BCUT2D eigenvalue weighted by Gasteiger charge is -2.08. The van der Waals surface area contributed by atoms with Crippen molar-refractivity contribution in [3.8, 4) is 17.1 Å². The average Bonchev–Trinajstić information content (AvgIpc) is 2.74. The van der Waals surface area contributed by atoms with E-state index >= 15 is 0 Å². The van der Waals surface area contributed by atoms with Crippen LogP contribution in [0.15, 0.2) is 78.2 Å². The first-order valence-electron chi connectivity index (χ1n) is 8.44. The van der Waals surface area contributed by atoms with Gasteiger partial charge in [-0.05, 0) is 36.4 Å². The lowest BCUT2D eigenvalue weighted by atomic mass is 10.2. The number of fused-ring (bicyclic) bond motifs is 1. The van der Waals surface area contributed by atoms with E-state index in [0.29, 0.717) is 11.6 Å². The number of anilines is 1. The van der Waals surface area contributed by atoms with Crippen molar-refractivity contribution in [2.24, 2.45) is 5.10 Å². The van der Waals surface area contributed by atoms with E-state index in [1.165, 1.54) is 0 Å². The number of pyridine rings is 1. The topological polar surface area (TPSA) is 72.3 Å². The first-order chi connectivity index (χ1) is 13.3. The predicted octanol–water partition coefficient (Wildman–Crippen LogP) is 4.15. The molecule has 0 spiro atoms. The predicted molar refractivity (Wildman–Crippen MR) is 107 cm³/mol. The molecule has 6 nitrogen and oxygen atoms in total. The van der Waals surface area contributed by atoms with Crippen molar-refractivity contribution in [1.82, 2.24) is 15.0 Å². The first kappa shape index (κ1) is 16.7. The summed E-state index contributed by atoms with van der Waals surface area (Å²) in [6.07, 6.45) is 5.17. The molecule has 132 valence electrons. The summed E-state index contributed by atoms with van der Waals surface area (Å²) in [4.78, 5) is 13.4. The van der Waals surface area contributed by atoms with Gasteiger partial charge in [-0.25, -0.2) is 9.97 Å². The molecular weight excluding hydrogens is 338 g/mol. The second-order valence-corrected chi connectivity index (χ2v) is 5.77. The average molecular weight is 355 g/mol. The molecule has 1 N–H and O–H groups in total. The minimum absolute atomic E-state index is 0.594. The molecule has 4 aromatic rings. The van der Waals surface area contributed by atoms with Crippen molar-refractivity contribution >= 4 is 22.9 Å². The number of hydrogen-bond donors (Lipinski definition) is 1. The number of ether oxygens (including phenoxy) is 1. The maximum atomic E-state index is 5.34. The maximum absolute atomic E-state index is 5.34. The second-order valence-electron chi connectivity index (χ2n) is 5.77. The summed E-state index contributed by atoms with van der Waals surface area (Å²) < 4.78 is 5.34. The minimum Gasteiger partial charge on any atom is -0.496 e. The Bertz CT molecular complexity index is 1100. The number of benzene rings is 2. The Kier molecular flexibility index (Phi) is 4.70. The van der Waals surface area contributed by atoms with Crippen LogP contribution in [0.3, 0.4) is 0 Å². The highest BCUT2D eigenvalue weighted by molar-refractivity contribution is 5.91.